The second kappa shape index (κ2) is 3.43. The molecular weight excluding hydrogens is 142 g/mol. The Kier molecular flexibility index (Phi) is 2.53. The van der Waals surface area contributed by atoms with E-state index in [1.807, 2.05) is 0 Å². The summed E-state index contributed by atoms with van der Waals surface area (Å²) in [5, 5.41) is 13.4. The van der Waals surface area contributed by atoms with E-state index in [-0.39, 0.29) is 6.04 Å². The van der Waals surface area contributed by atoms with E-state index in [9.17, 15) is 0 Å². The number of H-pyrrole nitrogens is 1. The fourth-order valence-electron chi connectivity index (χ4n) is 0.819. The molecule has 0 radical (unpaired) electrons. The van der Waals surface area contributed by atoms with Crippen molar-refractivity contribution in [1.29, 1.82) is 0 Å². The van der Waals surface area contributed by atoms with E-state index in [0.717, 1.165) is 6.42 Å². The molecule has 0 bridgehead atoms. The highest BCUT2D eigenvalue weighted by molar-refractivity contribution is 4.88. The van der Waals surface area contributed by atoms with Crippen LogP contribution in [0.25, 0.3) is 0 Å². The van der Waals surface area contributed by atoms with Crippen LogP contribution in [0.3, 0.4) is 0 Å². The average Bonchev–Trinajstić information content (AvgIpc) is 2.53. The maximum atomic E-state index is 5.81. The van der Waals surface area contributed by atoms with Crippen molar-refractivity contribution in [3.05, 3.63) is 5.82 Å². The molecule has 0 aliphatic carbocycles. The van der Waals surface area contributed by atoms with Crippen molar-refractivity contribution in [2.75, 3.05) is 0 Å². The normalized spacial score (nSPS) is 16.3. The van der Waals surface area contributed by atoms with Crippen molar-refractivity contribution in [1.82, 2.24) is 20.6 Å². The number of rotatable bonds is 3. The minimum absolute atomic E-state index is 0.0984. The molecule has 0 aliphatic rings. The zero-order valence-corrected chi connectivity index (χ0v) is 6.78. The minimum Gasteiger partial charge on any atom is -0.321 e. The number of nitrogens with two attached hydrogens (primary N) is 1. The number of tetrazole rings is 1. The third-order valence-electron chi connectivity index (χ3n) is 1.92. The molecule has 0 aliphatic heterocycles. The van der Waals surface area contributed by atoms with E-state index in [1.165, 1.54) is 0 Å². The second-order valence-corrected chi connectivity index (χ2v) is 2.68. The van der Waals surface area contributed by atoms with Crippen LogP contribution >= 0.6 is 0 Å². The van der Waals surface area contributed by atoms with E-state index >= 15 is 0 Å². The lowest BCUT2D eigenvalue weighted by molar-refractivity contribution is 0.439. The Balaban J connectivity index is 2.62. The average molecular weight is 155 g/mol. The second-order valence-electron chi connectivity index (χ2n) is 2.68. The lowest BCUT2D eigenvalue weighted by atomic mass is 10.00. The largest absolute Gasteiger partial charge is 0.321 e. The summed E-state index contributed by atoms with van der Waals surface area (Å²) in [5.41, 5.74) is 5.81. The molecule has 5 heteroatoms. The van der Waals surface area contributed by atoms with Gasteiger partial charge in [0.15, 0.2) is 5.82 Å². The molecule has 0 spiro atoms. The zero-order valence-electron chi connectivity index (χ0n) is 6.78. The van der Waals surface area contributed by atoms with Gasteiger partial charge >= 0.3 is 0 Å². The quantitative estimate of drug-likeness (QED) is 0.655. The summed E-state index contributed by atoms with van der Waals surface area (Å²) >= 11 is 0. The molecule has 0 saturated heterocycles. The molecule has 0 fully saturated rings. The van der Waals surface area contributed by atoms with Crippen LogP contribution in [-0.2, 0) is 0 Å². The van der Waals surface area contributed by atoms with Crippen LogP contribution in [0.5, 0.6) is 0 Å². The highest BCUT2D eigenvalue weighted by Crippen LogP contribution is 2.16. The molecule has 1 aromatic heterocycles. The first-order chi connectivity index (χ1) is 5.25. The zero-order chi connectivity index (χ0) is 8.27. The fourth-order valence-corrected chi connectivity index (χ4v) is 0.819. The van der Waals surface area contributed by atoms with E-state index < -0.39 is 0 Å². The van der Waals surface area contributed by atoms with Gasteiger partial charge in [0.1, 0.15) is 0 Å². The van der Waals surface area contributed by atoms with E-state index in [1.54, 1.807) is 0 Å². The molecule has 2 atom stereocenters. The monoisotopic (exact) mass is 155 g/mol. The maximum Gasteiger partial charge on any atom is 0.191 e. The summed E-state index contributed by atoms with van der Waals surface area (Å²) in [6.45, 7) is 4.16. The number of aromatic amines is 1. The highest BCUT2D eigenvalue weighted by Gasteiger charge is 2.16. The van der Waals surface area contributed by atoms with Gasteiger partial charge in [-0.05, 0) is 5.92 Å². The van der Waals surface area contributed by atoms with Gasteiger partial charge in [0.25, 0.3) is 0 Å². The fraction of sp³-hybridized carbons (Fsp3) is 0.833. The first-order valence-corrected chi connectivity index (χ1v) is 3.74. The van der Waals surface area contributed by atoms with Gasteiger partial charge in [0.05, 0.1) is 6.04 Å². The topological polar surface area (TPSA) is 80.5 Å². The number of hydrogen-bond donors (Lipinski definition) is 2. The Morgan fingerprint density at radius 1 is 1.64 bits per heavy atom. The van der Waals surface area contributed by atoms with E-state index in [4.69, 9.17) is 5.73 Å². The highest BCUT2D eigenvalue weighted by atomic mass is 15.5. The van der Waals surface area contributed by atoms with Crippen molar-refractivity contribution < 1.29 is 0 Å². The van der Waals surface area contributed by atoms with Gasteiger partial charge in [-0.25, -0.2) is 0 Å². The van der Waals surface area contributed by atoms with Gasteiger partial charge < -0.3 is 5.73 Å². The summed E-state index contributed by atoms with van der Waals surface area (Å²) in [6, 6.07) is -0.0984. The molecule has 62 valence electrons. The maximum absolute atomic E-state index is 5.81. The van der Waals surface area contributed by atoms with Crippen molar-refractivity contribution in [3.63, 3.8) is 0 Å². The molecule has 1 unspecified atom stereocenters. The van der Waals surface area contributed by atoms with Crippen molar-refractivity contribution in [2.45, 2.75) is 26.3 Å². The molecule has 1 heterocycles. The number of nitrogens with zero attached hydrogens (tertiary/aromatic N) is 3. The van der Waals surface area contributed by atoms with Gasteiger partial charge in [0, 0.05) is 0 Å². The standard InChI is InChI=1S/C6H13N5/c1-3-4(2)5(7)6-8-10-11-9-6/h4-5H,3,7H2,1-2H3,(H,8,9,10,11)/t4?,5-/m0/s1. The predicted octanol–water partition coefficient (Wildman–Crippen LogP) is 0.246. The summed E-state index contributed by atoms with van der Waals surface area (Å²) in [6.07, 6.45) is 1.02. The molecule has 1 rings (SSSR count). The number of aromatic nitrogens is 4. The summed E-state index contributed by atoms with van der Waals surface area (Å²) in [7, 11) is 0. The molecule has 0 aromatic carbocycles. The molecule has 0 saturated carbocycles. The summed E-state index contributed by atoms with van der Waals surface area (Å²) in [5.74, 6) is 0.993. The minimum atomic E-state index is -0.0984. The van der Waals surface area contributed by atoms with E-state index in [0.29, 0.717) is 11.7 Å². The van der Waals surface area contributed by atoms with Gasteiger partial charge in [-0.3, -0.25) is 0 Å². The Morgan fingerprint density at radius 2 is 2.36 bits per heavy atom. The Morgan fingerprint density at radius 3 is 2.82 bits per heavy atom. The summed E-state index contributed by atoms with van der Waals surface area (Å²) in [4.78, 5) is 0. The first kappa shape index (κ1) is 8.13. The Hall–Kier alpha value is -0.970. The molecule has 0 amide bonds. The van der Waals surface area contributed by atoms with Crippen LogP contribution in [0.4, 0.5) is 0 Å². The van der Waals surface area contributed by atoms with Gasteiger partial charge in [-0.15, -0.1) is 10.2 Å². The first-order valence-electron chi connectivity index (χ1n) is 3.74. The summed E-state index contributed by atoms with van der Waals surface area (Å²) < 4.78 is 0. The Labute approximate surface area is 65.4 Å². The SMILES string of the molecule is CCC(C)[C@H](N)c1nn[nH]n1. The molecular formula is C6H13N5. The van der Waals surface area contributed by atoms with Crippen LogP contribution in [-0.4, -0.2) is 20.6 Å². The van der Waals surface area contributed by atoms with Crippen molar-refractivity contribution >= 4 is 0 Å². The third-order valence-corrected chi connectivity index (χ3v) is 1.92. The van der Waals surface area contributed by atoms with Crippen molar-refractivity contribution in [3.8, 4) is 0 Å². The molecule has 5 nitrogen and oxygen atoms in total. The van der Waals surface area contributed by atoms with Gasteiger partial charge in [-0.2, -0.15) is 5.21 Å². The van der Waals surface area contributed by atoms with Crippen molar-refractivity contribution in [2.24, 2.45) is 11.7 Å². The number of hydrogen-bond acceptors (Lipinski definition) is 4. The van der Waals surface area contributed by atoms with Crippen LogP contribution in [0.1, 0.15) is 32.1 Å². The third kappa shape index (κ3) is 1.74. The van der Waals surface area contributed by atoms with Crippen LogP contribution in [0.2, 0.25) is 0 Å². The Bertz CT molecular complexity index is 195. The number of nitrogens with one attached hydrogen (secondary N) is 1. The molecule has 1 aromatic rings. The predicted molar refractivity (Wildman–Crippen MR) is 40.6 cm³/mol. The van der Waals surface area contributed by atoms with Gasteiger partial charge in [-0.1, -0.05) is 25.5 Å². The molecule has 11 heavy (non-hydrogen) atoms. The lowest BCUT2D eigenvalue weighted by Gasteiger charge is -2.13. The van der Waals surface area contributed by atoms with Crippen LogP contribution in [0, 0.1) is 5.92 Å². The van der Waals surface area contributed by atoms with E-state index in [2.05, 4.69) is 34.5 Å². The smallest absolute Gasteiger partial charge is 0.191 e. The van der Waals surface area contributed by atoms with Gasteiger partial charge in [0.2, 0.25) is 0 Å². The lowest BCUT2D eigenvalue weighted by Crippen LogP contribution is -2.19. The molecule has 3 N–H and O–H groups in total. The van der Waals surface area contributed by atoms with Crippen LogP contribution in [0.15, 0.2) is 0 Å². The van der Waals surface area contributed by atoms with Crippen LogP contribution < -0.4 is 5.73 Å².